The van der Waals surface area contributed by atoms with Crippen LogP contribution in [0, 0.1) is 0 Å². The molecule has 1 aromatic heterocycles. The number of thioether (sulfide) groups is 1. The molecule has 19 heavy (non-hydrogen) atoms. The second kappa shape index (κ2) is 5.39. The zero-order valence-electron chi connectivity index (χ0n) is 11.2. The summed E-state index contributed by atoms with van der Waals surface area (Å²) in [6, 6.07) is 11.1. The number of nitrogens with two attached hydrogens (primary N) is 1. The minimum absolute atomic E-state index is 0.495. The van der Waals surface area contributed by atoms with Crippen molar-refractivity contribution in [3.8, 4) is 0 Å². The first-order valence-electron chi connectivity index (χ1n) is 6.72. The van der Waals surface area contributed by atoms with Gasteiger partial charge in [0.1, 0.15) is 5.82 Å². The van der Waals surface area contributed by atoms with Gasteiger partial charge in [0.05, 0.1) is 5.69 Å². The van der Waals surface area contributed by atoms with E-state index in [4.69, 9.17) is 10.7 Å². The third-order valence-corrected chi connectivity index (χ3v) is 4.81. The predicted molar refractivity (Wildman–Crippen MR) is 83.8 cm³/mol. The largest absolute Gasteiger partial charge is 0.352 e. The number of nitrogens with zero attached hydrogens (tertiary/aromatic N) is 2. The number of hydrogen-bond acceptors (Lipinski definition) is 4. The Labute approximate surface area is 118 Å². The SMILES string of the molecule is CC1CSCCN1c1nc(CN)cc2ccccc12. The van der Waals surface area contributed by atoms with E-state index in [0.29, 0.717) is 12.6 Å². The Bertz CT molecular complexity index is 585. The highest BCUT2D eigenvalue weighted by atomic mass is 32.2. The predicted octanol–water partition coefficient (Wildman–Crippen LogP) is 2.64. The molecule has 0 bridgehead atoms. The highest BCUT2D eigenvalue weighted by Gasteiger charge is 2.22. The molecule has 0 spiro atoms. The van der Waals surface area contributed by atoms with Crippen LogP contribution >= 0.6 is 11.8 Å². The maximum atomic E-state index is 5.79. The molecule has 1 unspecified atom stereocenters. The Balaban J connectivity index is 2.14. The zero-order valence-corrected chi connectivity index (χ0v) is 12.0. The Morgan fingerprint density at radius 2 is 2.26 bits per heavy atom. The Hall–Kier alpha value is -1.26. The van der Waals surface area contributed by atoms with Gasteiger partial charge in [-0.2, -0.15) is 11.8 Å². The summed E-state index contributed by atoms with van der Waals surface area (Å²) in [7, 11) is 0. The van der Waals surface area contributed by atoms with Crippen molar-refractivity contribution in [2.45, 2.75) is 19.5 Å². The van der Waals surface area contributed by atoms with Crippen LogP contribution in [0.3, 0.4) is 0 Å². The van der Waals surface area contributed by atoms with Gasteiger partial charge in [-0.1, -0.05) is 24.3 Å². The molecule has 0 saturated carbocycles. The summed E-state index contributed by atoms with van der Waals surface area (Å²) in [5.74, 6) is 3.45. The summed E-state index contributed by atoms with van der Waals surface area (Å²) < 4.78 is 0. The van der Waals surface area contributed by atoms with Crippen molar-refractivity contribution in [3.63, 3.8) is 0 Å². The lowest BCUT2D eigenvalue weighted by molar-refractivity contribution is 0.690. The fourth-order valence-corrected chi connectivity index (χ4v) is 3.61. The first-order chi connectivity index (χ1) is 9.29. The fourth-order valence-electron chi connectivity index (χ4n) is 2.60. The standard InChI is InChI=1S/C15H19N3S/c1-11-10-19-7-6-18(11)15-14-5-3-2-4-12(14)8-13(9-16)17-15/h2-5,8,11H,6-7,9-10,16H2,1H3. The molecule has 1 aromatic carbocycles. The lowest BCUT2D eigenvalue weighted by Crippen LogP contribution is -2.41. The second-order valence-corrected chi connectivity index (χ2v) is 6.13. The molecule has 0 aliphatic carbocycles. The number of aromatic nitrogens is 1. The molecule has 100 valence electrons. The van der Waals surface area contributed by atoms with Gasteiger partial charge in [-0.3, -0.25) is 0 Å². The molecule has 1 aliphatic heterocycles. The third kappa shape index (κ3) is 2.42. The van der Waals surface area contributed by atoms with Crippen molar-refractivity contribution in [1.82, 2.24) is 4.98 Å². The van der Waals surface area contributed by atoms with Gasteiger partial charge in [-0.15, -0.1) is 0 Å². The van der Waals surface area contributed by atoms with Crippen molar-refractivity contribution in [3.05, 3.63) is 36.0 Å². The first-order valence-corrected chi connectivity index (χ1v) is 7.88. The van der Waals surface area contributed by atoms with E-state index < -0.39 is 0 Å². The van der Waals surface area contributed by atoms with E-state index in [9.17, 15) is 0 Å². The average molecular weight is 273 g/mol. The van der Waals surface area contributed by atoms with Gasteiger partial charge < -0.3 is 10.6 Å². The molecule has 2 heterocycles. The Morgan fingerprint density at radius 1 is 1.42 bits per heavy atom. The quantitative estimate of drug-likeness (QED) is 0.913. The van der Waals surface area contributed by atoms with Crippen LogP contribution in [-0.2, 0) is 6.54 Å². The van der Waals surface area contributed by atoms with Gasteiger partial charge in [0.15, 0.2) is 0 Å². The summed E-state index contributed by atoms with van der Waals surface area (Å²) in [5.41, 5.74) is 6.76. The van der Waals surface area contributed by atoms with Crippen molar-refractivity contribution < 1.29 is 0 Å². The van der Waals surface area contributed by atoms with E-state index in [1.54, 1.807) is 0 Å². The zero-order chi connectivity index (χ0) is 13.2. The first kappa shape index (κ1) is 12.8. The Kier molecular flexibility index (Phi) is 3.62. The van der Waals surface area contributed by atoms with Crippen molar-refractivity contribution >= 4 is 28.4 Å². The van der Waals surface area contributed by atoms with E-state index in [-0.39, 0.29) is 0 Å². The van der Waals surface area contributed by atoms with Gasteiger partial charge in [0.25, 0.3) is 0 Å². The number of benzene rings is 1. The molecule has 0 radical (unpaired) electrons. The van der Waals surface area contributed by atoms with Crippen LogP contribution in [0.2, 0.25) is 0 Å². The van der Waals surface area contributed by atoms with Crippen LogP contribution in [0.25, 0.3) is 10.8 Å². The van der Waals surface area contributed by atoms with E-state index in [1.807, 2.05) is 11.8 Å². The second-order valence-electron chi connectivity index (χ2n) is 4.98. The van der Waals surface area contributed by atoms with Crippen molar-refractivity contribution in [2.24, 2.45) is 5.73 Å². The van der Waals surface area contributed by atoms with E-state index in [2.05, 4.69) is 42.2 Å². The van der Waals surface area contributed by atoms with Gasteiger partial charge in [-0.05, 0) is 18.4 Å². The summed E-state index contributed by atoms with van der Waals surface area (Å²) in [6.07, 6.45) is 0. The molecule has 3 rings (SSSR count). The van der Waals surface area contributed by atoms with Crippen molar-refractivity contribution in [2.75, 3.05) is 23.0 Å². The molecule has 1 aliphatic rings. The van der Waals surface area contributed by atoms with Crippen LogP contribution in [0.1, 0.15) is 12.6 Å². The number of anilines is 1. The molecule has 1 fully saturated rings. The highest BCUT2D eigenvalue weighted by molar-refractivity contribution is 7.99. The van der Waals surface area contributed by atoms with Gasteiger partial charge in [0.2, 0.25) is 0 Å². The van der Waals surface area contributed by atoms with Crippen LogP contribution < -0.4 is 10.6 Å². The van der Waals surface area contributed by atoms with Crippen LogP contribution in [0.5, 0.6) is 0 Å². The van der Waals surface area contributed by atoms with Gasteiger partial charge >= 0.3 is 0 Å². The molecule has 1 atom stereocenters. The Morgan fingerprint density at radius 3 is 3.05 bits per heavy atom. The van der Waals surface area contributed by atoms with E-state index in [0.717, 1.165) is 18.1 Å². The smallest absolute Gasteiger partial charge is 0.137 e. The molecular formula is C15H19N3S. The van der Waals surface area contributed by atoms with Crippen LogP contribution in [0.15, 0.2) is 30.3 Å². The number of fused-ring (bicyclic) bond motifs is 1. The maximum absolute atomic E-state index is 5.79. The van der Waals surface area contributed by atoms with Crippen molar-refractivity contribution in [1.29, 1.82) is 0 Å². The monoisotopic (exact) mass is 273 g/mol. The number of hydrogen-bond donors (Lipinski definition) is 1. The number of pyridine rings is 1. The molecule has 2 N–H and O–H groups in total. The summed E-state index contributed by atoms with van der Waals surface area (Å²) in [5, 5.41) is 2.47. The summed E-state index contributed by atoms with van der Waals surface area (Å²) in [4.78, 5) is 7.21. The maximum Gasteiger partial charge on any atom is 0.137 e. The summed E-state index contributed by atoms with van der Waals surface area (Å²) in [6.45, 7) is 3.84. The molecule has 0 amide bonds. The van der Waals surface area contributed by atoms with Crippen LogP contribution in [0.4, 0.5) is 5.82 Å². The minimum atomic E-state index is 0.495. The highest BCUT2D eigenvalue weighted by Crippen LogP contribution is 2.29. The minimum Gasteiger partial charge on any atom is -0.352 e. The van der Waals surface area contributed by atoms with Gasteiger partial charge in [0, 0.05) is 36.0 Å². The summed E-state index contributed by atoms with van der Waals surface area (Å²) >= 11 is 2.02. The molecule has 4 heteroatoms. The lowest BCUT2D eigenvalue weighted by atomic mass is 10.1. The van der Waals surface area contributed by atoms with E-state index >= 15 is 0 Å². The molecule has 3 nitrogen and oxygen atoms in total. The topological polar surface area (TPSA) is 42.2 Å². The molecule has 1 saturated heterocycles. The molecule has 2 aromatic rings. The lowest BCUT2D eigenvalue weighted by Gasteiger charge is -2.35. The third-order valence-electron chi connectivity index (χ3n) is 3.62. The number of rotatable bonds is 2. The average Bonchev–Trinajstić information content (AvgIpc) is 2.46. The van der Waals surface area contributed by atoms with Crippen LogP contribution in [-0.4, -0.2) is 29.1 Å². The van der Waals surface area contributed by atoms with E-state index in [1.165, 1.54) is 22.3 Å². The normalized spacial score (nSPS) is 19.9. The van der Waals surface area contributed by atoms with Gasteiger partial charge in [-0.25, -0.2) is 4.98 Å². The molecular weight excluding hydrogens is 254 g/mol. The fraction of sp³-hybridized carbons (Fsp3) is 0.400.